The summed E-state index contributed by atoms with van der Waals surface area (Å²) in [4.78, 5) is 25.7. The minimum atomic E-state index is -4.53. The van der Waals surface area contributed by atoms with Gasteiger partial charge in [0.1, 0.15) is 0 Å². The van der Waals surface area contributed by atoms with Crippen LogP contribution in [0.25, 0.3) is 0 Å². The van der Waals surface area contributed by atoms with Crippen molar-refractivity contribution >= 4 is 11.9 Å². The number of rotatable bonds is 5. The lowest BCUT2D eigenvalue weighted by Gasteiger charge is -2.26. The van der Waals surface area contributed by atoms with Crippen molar-refractivity contribution in [3.05, 3.63) is 34.9 Å². The lowest BCUT2D eigenvalue weighted by atomic mass is 10.0. The van der Waals surface area contributed by atoms with E-state index in [1.165, 1.54) is 4.90 Å². The van der Waals surface area contributed by atoms with Crippen LogP contribution in [-0.4, -0.2) is 23.3 Å². The number of nitrogens with zero attached hydrogens (tertiary/aromatic N) is 1. The molecule has 0 saturated carbocycles. The van der Waals surface area contributed by atoms with Crippen LogP contribution in [0.5, 0.6) is 0 Å². The van der Waals surface area contributed by atoms with Gasteiger partial charge in [0.05, 0.1) is 5.56 Å². The fourth-order valence-corrected chi connectivity index (χ4v) is 2.65. The summed E-state index contributed by atoms with van der Waals surface area (Å²) in [5, 5.41) is 0. The van der Waals surface area contributed by atoms with Crippen LogP contribution in [-0.2, 0) is 15.7 Å². The van der Waals surface area contributed by atoms with Gasteiger partial charge >= 0.3 is 12.1 Å². The Labute approximate surface area is 138 Å². The first-order chi connectivity index (χ1) is 11.1. The normalized spacial score (nSPS) is 17.4. The van der Waals surface area contributed by atoms with E-state index < -0.39 is 29.8 Å². The molecule has 1 aromatic carbocycles. The summed E-state index contributed by atoms with van der Waals surface area (Å²) in [5.41, 5.74) is -0.616. The second kappa shape index (κ2) is 6.83. The van der Waals surface area contributed by atoms with E-state index in [1.807, 2.05) is 13.8 Å². The summed E-state index contributed by atoms with van der Waals surface area (Å²) >= 11 is 0. The van der Waals surface area contributed by atoms with Gasteiger partial charge in [-0.05, 0) is 30.5 Å². The smallest absolute Gasteiger partial charge is 0.416 e. The lowest BCUT2D eigenvalue weighted by Crippen LogP contribution is -2.34. The molecule has 24 heavy (non-hydrogen) atoms. The fraction of sp³-hybridized carbons (Fsp3) is 0.529. The van der Waals surface area contributed by atoms with Gasteiger partial charge in [0.2, 0.25) is 6.23 Å². The third-order valence-electron chi connectivity index (χ3n) is 3.68. The first-order valence-electron chi connectivity index (χ1n) is 7.86. The quantitative estimate of drug-likeness (QED) is 0.754. The number of halogens is 3. The number of hydrogen-bond acceptors (Lipinski definition) is 3. The topological polar surface area (TPSA) is 46.6 Å². The second-order valence-corrected chi connectivity index (χ2v) is 6.24. The van der Waals surface area contributed by atoms with E-state index in [0.717, 1.165) is 18.2 Å². The zero-order valence-corrected chi connectivity index (χ0v) is 13.8. The highest BCUT2D eigenvalue weighted by atomic mass is 19.4. The van der Waals surface area contributed by atoms with Gasteiger partial charge < -0.3 is 4.74 Å². The molecule has 0 spiro atoms. The maximum absolute atomic E-state index is 13.0. The summed E-state index contributed by atoms with van der Waals surface area (Å²) in [5.74, 6) is -0.867. The van der Waals surface area contributed by atoms with Crippen molar-refractivity contribution in [2.45, 2.75) is 46.0 Å². The lowest BCUT2D eigenvalue weighted by molar-refractivity contribution is -0.157. The number of carbonyl (C=O) groups is 2. The molecule has 1 aromatic rings. The van der Waals surface area contributed by atoms with E-state index in [9.17, 15) is 22.8 Å². The number of hydrogen-bond donors (Lipinski definition) is 0. The van der Waals surface area contributed by atoms with Crippen molar-refractivity contribution in [1.29, 1.82) is 0 Å². The van der Waals surface area contributed by atoms with Crippen molar-refractivity contribution in [3.8, 4) is 0 Å². The third-order valence-corrected chi connectivity index (χ3v) is 3.68. The first kappa shape index (κ1) is 18.3. The predicted octanol–water partition coefficient (Wildman–Crippen LogP) is 4.16. The molecule has 0 aliphatic carbocycles. The molecule has 7 heteroatoms. The number of fused-ring (bicyclic) bond motifs is 1. The number of benzene rings is 1. The van der Waals surface area contributed by atoms with Crippen LogP contribution in [0.2, 0.25) is 0 Å². The molecule has 0 N–H and O–H groups in total. The Bertz CT molecular complexity index is 640. The summed E-state index contributed by atoms with van der Waals surface area (Å²) in [6, 6.07) is 2.93. The first-order valence-corrected chi connectivity index (χ1v) is 7.86. The van der Waals surface area contributed by atoms with Gasteiger partial charge in [-0.1, -0.05) is 20.8 Å². The van der Waals surface area contributed by atoms with E-state index in [0.29, 0.717) is 13.0 Å². The molecular formula is C17H20F3NO3. The Balaban J connectivity index is 2.43. The van der Waals surface area contributed by atoms with Gasteiger partial charge in [-0.25, -0.2) is 0 Å². The second-order valence-electron chi connectivity index (χ2n) is 6.24. The standard InChI is InChI=1S/C17H20F3NO3/c1-4-5-14(22)24-16-13-8-11(17(18,19)20)6-7-12(13)15(23)21(16)9-10(2)3/h6-8,10,16H,4-5,9H2,1-3H3. The molecule has 1 aliphatic rings. The molecule has 0 aromatic heterocycles. The number of amides is 1. The molecule has 0 radical (unpaired) electrons. The minimum Gasteiger partial charge on any atom is -0.437 e. The maximum atomic E-state index is 13.0. The molecular weight excluding hydrogens is 323 g/mol. The summed E-state index contributed by atoms with van der Waals surface area (Å²) in [7, 11) is 0. The Morgan fingerprint density at radius 2 is 2.00 bits per heavy atom. The fourth-order valence-electron chi connectivity index (χ4n) is 2.65. The highest BCUT2D eigenvalue weighted by Crippen LogP contribution is 2.39. The average molecular weight is 343 g/mol. The molecule has 0 fully saturated rings. The van der Waals surface area contributed by atoms with Crippen LogP contribution >= 0.6 is 0 Å². The van der Waals surface area contributed by atoms with Crippen LogP contribution in [0.4, 0.5) is 13.2 Å². The largest absolute Gasteiger partial charge is 0.437 e. The van der Waals surface area contributed by atoms with Gasteiger partial charge in [0.25, 0.3) is 5.91 Å². The molecule has 0 bridgehead atoms. The van der Waals surface area contributed by atoms with Gasteiger partial charge in [-0.15, -0.1) is 0 Å². The Morgan fingerprint density at radius 1 is 1.33 bits per heavy atom. The molecule has 1 aliphatic heterocycles. The third kappa shape index (κ3) is 3.71. The molecule has 0 saturated heterocycles. The van der Waals surface area contributed by atoms with Crippen molar-refractivity contribution in [1.82, 2.24) is 4.90 Å². The highest BCUT2D eigenvalue weighted by Gasteiger charge is 2.41. The predicted molar refractivity (Wildman–Crippen MR) is 81.1 cm³/mol. The van der Waals surface area contributed by atoms with E-state index in [-0.39, 0.29) is 23.5 Å². The molecule has 1 atom stereocenters. The zero-order chi connectivity index (χ0) is 18.1. The molecule has 1 heterocycles. The van der Waals surface area contributed by atoms with Crippen LogP contribution in [0.15, 0.2) is 18.2 Å². The van der Waals surface area contributed by atoms with Gasteiger partial charge in [0.15, 0.2) is 0 Å². The summed E-state index contributed by atoms with van der Waals surface area (Å²) < 4.78 is 44.2. The van der Waals surface area contributed by atoms with E-state index >= 15 is 0 Å². The van der Waals surface area contributed by atoms with E-state index in [2.05, 4.69) is 0 Å². The van der Waals surface area contributed by atoms with Crippen molar-refractivity contribution in [3.63, 3.8) is 0 Å². The van der Waals surface area contributed by atoms with Gasteiger partial charge in [0, 0.05) is 24.1 Å². The molecule has 1 amide bonds. The Hall–Kier alpha value is -2.05. The SMILES string of the molecule is CCCC(=O)OC1c2cc(C(F)(F)F)ccc2C(=O)N1CC(C)C. The van der Waals surface area contributed by atoms with Crippen molar-refractivity contribution < 1.29 is 27.5 Å². The Kier molecular flexibility index (Phi) is 5.20. The van der Waals surface area contributed by atoms with Crippen LogP contribution in [0, 0.1) is 5.92 Å². The Morgan fingerprint density at radius 3 is 2.54 bits per heavy atom. The monoisotopic (exact) mass is 343 g/mol. The maximum Gasteiger partial charge on any atom is 0.416 e. The summed E-state index contributed by atoms with van der Waals surface area (Å²) in [6.07, 6.45) is -4.92. The number of alkyl halides is 3. The average Bonchev–Trinajstić information content (AvgIpc) is 2.71. The van der Waals surface area contributed by atoms with Crippen molar-refractivity contribution in [2.75, 3.05) is 6.54 Å². The zero-order valence-electron chi connectivity index (χ0n) is 13.8. The minimum absolute atomic E-state index is 0.0812. The van der Waals surface area contributed by atoms with Crippen LogP contribution < -0.4 is 0 Å². The van der Waals surface area contributed by atoms with Crippen LogP contribution in [0.3, 0.4) is 0 Å². The van der Waals surface area contributed by atoms with E-state index in [4.69, 9.17) is 4.74 Å². The van der Waals surface area contributed by atoms with Crippen molar-refractivity contribution in [2.24, 2.45) is 5.92 Å². The highest BCUT2D eigenvalue weighted by molar-refractivity contribution is 5.99. The van der Waals surface area contributed by atoms with Crippen LogP contribution in [0.1, 0.15) is 61.3 Å². The number of ether oxygens (including phenoxy) is 1. The van der Waals surface area contributed by atoms with Gasteiger partial charge in [-0.3, -0.25) is 14.5 Å². The number of esters is 1. The molecule has 4 nitrogen and oxygen atoms in total. The molecule has 132 valence electrons. The number of carbonyl (C=O) groups excluding carboxylic acids is 2. The summed E-state index contributed by atoms with van der Waals surface area (Å²) in [6.45, 7) is 5.84. The van der Waals surface area contributed by atoms with E-state index in [1.54, 1.807) is 6.92 Å². The molecule has 2 rings (SSSR count). The van der Waals surface area contributed by atoms with Gasteiger partial charge in [-0.2, -0.15) is 13.2 Å². The molecule has 1 unspecified atom stereocenters.